The van der Waals surface area contributed by atoms with Gasteiger partial charge in [0.1, 0.15) is 11.6 Å². The zero-order valence-corrected chi connectivity index (χ0v) is 12.9. The molecule has 6 nitrogen and oxygen atoms in total. The van der Waals surface area contributed by atoms with E-state index in [1.165, 1.54) is 24.3 Å². The summed E-state index contributed by atoms with van der Waals surface area (Å²) in [7, 11) is 0. The average molecular weight is 329 g/mol. The quantitative estimate of drug-likeness (QED) is 0.931. The van der Waals surface area contributed by atoms with E-state index in [4.69, 9.17) is 5.11 Å². The molecule has 0 radical (unpaired) electrons. The largest absolute Gasteiger partial charge is 0.477 e. The van der Waals surface area contributed by atoms with E-state index in [9.17, 15) is 14.0 Å². The van der Waals surface area contributed by atoms with Crippen molar-refractivity contribution in [2.45, 2.75) is 0 Å². The Morgan fingerprint density at radius 1 is 1.04 bits per heavy atom. The van der Waals surface area contributed by atoms with Crippen molar-refractivity contribution in [3.05, 3.63) is 59.5 Å². The Morgan fingerprint density at radius 3 is 2.42 bits per heavy atom. The van der Waals surface area contributed by atoms with Gasteiger partial charge in [-0.25, -0.2) is 14.2 Å². The monoisotopic (exact) mass is 329 g/mol. The molecular weight excluding hydrogens is 313 g/mol. The van der Waals surface area contributed by atoms with E-state index in [-0.39, 0.29) is 11.6 Å². The van der Waals surface area contributed by atoms with Crippen molar-refractivity contribution in [3.8, 4) is 0 Å². The molecule has 2 aromatic rings. The van der Waals surface area contributed by atoms with Crippen molar-refractivity contribution in [3.63, 3.8) is 0 Å². The van der Waals surface area contributed by atoms with Gasteiger partial charge in [0.25, 0.3) is 5.91 Å². The molecular formula is C17H16FN3O3. The van der Waals surface area contributed by atoms with Gasteiger partial charge in [0, 0.05) is 31.7 Å². The van der Waals surface area contributed by atoms with Crippen LogP contribution in [0.2, 0.25) is 0 Å². The molecule has 7 heteroatoms. The van der Waals surface area contributed by atoms with Crippen LogP contribution in [0.25, 0.3) is 0 Å². The highest BCUT2D eigenvalue weighted by Crippen LogP contribution is 2.16. The summed E-state index contributed by atoms with van der Waals surface area (Å²) in [6.45, 7) is 2.01. The van der Waals surface area contributed by atoms with Gasteiger partial charge in [-0.05, 0) is 30.3 Å². The molecule has 2 heterocycles. The molecule has 1 aliphatic rings. The number of nitrogens with zero attached hydrogens (tertiary/aromatic N) is 3. The molecule has 0 atom stereocenters. The van der Waals surface area contributed by atoms with Gasteiger partial charge in [-0.2, -0.15) is 0 Å². The number of anilines is 1. The number of piperazine rings is 1. The van der Waals surface area contributed by atoms with Gasteiger partial charge in [0.15, 0.2) is 5.69 Å². The van der Waals surface area contributed by atoms with Crippen molar-refractivity contribution in [2.75, 3.05) is 31.1 Å². The standard InChI is InChI=1S/C17H16FN3O3/c18-13-4-1-3-12(11-13)16(22)21-9-7-20(8-10-21)15-6-2-5-14(19-15)17(23)24/h1-6,11H,7-10H2,(H,23,24). The lowest BCUT2D eigenvalue weighted by Crippen LogP contribution is -2.49. The predicted octanol–water partition coefficient (Wildman–Crippen LogP) is 1.88. The summed E-state index contributed by atoms with van der Waals surface area (Å²) in [4.78, 5) is 31.1. The molecule has 24 heavy (non-hydrogen) atoms. The molecule has 0 saturated carbocycles. The molecule has 1 amide bonds. The maximum Gasteiger partial charge on any atom is 0.354 e. The molecule has 1 saturated heterocycles. The van der Waals surface area contributed by atoms with E-state index < -0.39 is 11.8 Å². The lowest BCUT2D eigenvalue weighted by molar-refractivity contribution is 0.0690. The molecule has 1 N–H and O–H groups in total. The lowest BCUT2D eigenvalue weighted by Gasteiger charge is -2.35. The van der Waals surface area contributed by atoms with E-state index in [0.29, 0.717) is 37.6 Å². The molecule has 0 aliphatic carbocycles. The second-order valence-electron chi connectivity index (χ2n) is 5.48. The van der Waals surface area contributed by atoms with Crippen LogP contribution in [0, 0.1) is 5.82 Å². The smallest absolute Gasteiger partial charge is 0.354 e. The second-order valence-corrected chi connectivity index (χ2v) is 5.48. The fraction of sp³-hybridized carbons (Fsp3) is 0.235. The molecule has 3 rings (SSSR count). The third-order valence-corrected chi connectivity index (χ3v) is 3.92. The number of rotatable bonds is 3. The highest BCUT2D eigenvalue weighted by atomic mass is 19.1. The lowest BCUT2D eigenvalue weighted by atomic mass is 10.1. The first-order chi connectivity index (χ1) is 11.5. The van der Waals surface area contributed by atoms with Crippen molar-refractivity contribution < 1.29 is 19.1 Å². The van der Waals surface area contributed by atoms with E-state index >= 15 is 0 Å². The number of carboxylic acids is 1. The maximum absolute atomic E-state index is 13.2. The van der Waals surface area contributed by atoms with E-state index in [2.05, 4.69) is 4.98 Å². The van der Waals surface area contributed by atoms with Crippen LogP contribution in [-0.2, 0) is 0 Å². The number of carbonyl (C=O) groups is 2. The van der Waals surface area contributed by atoms with Gasteiger partial charge in [-0.1, -0.05) is 12.1 Å². The molecule has 0 unspecified atom stereocenters. The van der Waals surface area contributed by atoms with Crippen LogP contribution in [0.4, 0.5) is 10.2 Å². The molecule has 1 aromatic heterocycles. The number of hydrogen-bond acceptors (Lipinski definition) is 4. The Morgan fingerprint density at radius 2 is 1.75 bits per heavy atom. The Hall–Kier alpha value is -2.96. The van der Waals surface area contributed by atoms with Crippen LogP contribution >= 0.6 is 0 Å². The number of pyridine rings is 1. The van der Waals surface area contributed by atoms with Gasteiger partial charge in [-0.15, -0.1) is 0 Å². The number of aromatic nitrogens is 1. The Bertz CT molecular complexity index is 773. The Kier molecular flexibility index (Phi) is 4.41. The molecule has 0 spiro atoms. The molecule has 1 aromatic carbocycles. The third kappa shape index (κ3) is 3.34. The maximum atomic E-state index is 13.2. The van der Waals surface area contributed by atoms with Crippen LogP contribution in [0.1, 0.15) is 20.8 Å². The first-order valence-electron chi connectivity index (χ1n) is 7.55. The van der Waals surface area contributed by atoms with Crippen molar-refractivity contribution in [2.24, 2.45) is 0 Å². The number of carboxylic acid groups (broad SMARTS) is 1. The van der Waals surface area contributed by atoms with Gasteiger partial charge in [-0.3, -0.25) is 4.79 Å². The number of benzene rings is 1. The molecule has 124 valence electrons. The van der Waals surface area contributed by atoms with Crippen molar-refractivity contribution in [1.82, 2.24) is 9.88 Å². The summed E-state index contributed by atoms with van der Waals surface area (Å²) in [5.74, 6) is -1.14. The SMILES string of the molecule is O=C(O)c1cccc(N2CCN(C(=O)c3cccc(F)c3)CC2)n1. The fourth-order valence-corrected chi connectivity index (χ4v) is 2.66. The van der Waals surface area contributed by atoms with Crippen molar-refractivity contribution in [1.29, 1.82) is 0 Å². The fourth-order valence-electron chi connectivity index (χ4n) is 2.66. The van der Waals surface area contributed by atoms with Gasteiger partial charge in [0.05, 0.1) is 0 Å². The van der Waals surface area contributed by atoms with Crippen LogP contribution in [0.3, 0.4) is 0 Å². The highest BCUT2D eigenvalue weighted by molar-refractivity contribution is 5.94. The number of carbonyl (C=O) groups excluding carboxylic acids is 1. The minimum Gasteiger partial charge on any atom is -0.477 e. The van der Waals surface area contributed by atoms with Gasteiger partial charge < -0.3 is 14.9 Å². The average Bonchev–Trinajstić information content (AvgIpc) is 2.61. The normalized spacial score (nSPS) is 14.5. The number of halogens is 1. The highest BCUT2D eigenvalue weighted by Gasteiger charge is 2.23. The predicted molar refractivity (Wildman–Crippen MR) is 85.7 cm³/mol. The topological polar surface area (TPSA) is 73.7 Å². The molecule has 1 aliphatic heterocycles. The zero-order valence-electron chi connectivity index (χ0n) is 12.9. The second kappa shape index (κ2) is 6.66. The van der Waals surface area contributed by atoms with Crippen molar-refractivity contribution >= 4 is 17.7 Å². The number of aromatic carboxylic acids is 1. The minimum atomic E-state index is -1.07. The molecule has 0 bridgehead atoms. The van der Waals surface area contributed by atoms with Crippen LogP contribution in [0.5, 0.6) is 0 Å². The minimum absolute atomic E-state index is 0.00855. The van der Waals surface area contributed by atoms with Gasteiger partial charge >= 0.3 is 5.97 Å². The van der Waals surface area contributed by atoms with Crippen LogP contribution in [-0.4, -0.2) is 53.0 Å². The summed E-state index contributed by atoms with van der Waals surface area (Å²) in [6, 6.07) is 10.5. The van der Waals surface area contributed by atoms with Gasteiger partial charge in [0.2, 0.25) is 0 Å². The zero-order chi connectivity index (χ0) is 17.1. The van der Waals surface area contributed by atoms with E-state index in [0.717, 1.165) is 0 Å². The molecule has 1 fully saturated rings. The van der Waals surface area contributed by atoms with E-state index in [1.54, 1.807) is 23.1 Å². The number of amides is 1. The van der Waals surface area contributed by atoms with Crippen LogP contribution in [0.15, 0.2) is 42.5 Å². The Labute approximate surface area is 138 Å². The summed E-state index contributed by atoms with van der Waals surface area (Å²) in [5, 5.41) is 9.01. The van der Waals surface area contributed by atoms with Crippen LogP contribution < -0.4 is 4.90 Å². The first-order valence-corrected chi connectivity index (χ1v) is 7.55. The Balaban J connectivity index is 1.66. The summed E-state index contributed by atoms with van der Waals surface area (Å²) in [6.07, 6.45) is 0. The number of hydrogen-bond donors (Lipinski definition) is 1. The first kappa shape index (κ1) is 15.9. The van der Waals surface area contributed by atoms with E-state index in [1.807, 2.05) is 4.90 Å². The summed E-state index contributed by atoms with van der Waals surface area (Å²) < 4.78 is 13.2. The summed E-state index contributed by atoms with van der Waals surface area (Å²) >= 11 is 0. The summed E-state index contributed by atoms with van der Waals surface area (Å²) in [5.41, 5.74) is 0.320. The third-order valence-electron chi connectivity index (χ3n) is 3.92.